The van der Waals surface area contributed by atoms with Gasteiger partial charge in [0.25, 0.3) is 15.9 Å². The Morgan fingerprint density at radius 1 is 0.900 bits per heavy atom. The van der Waals surface area contributed by atoms with Crippen LogP contribution in [0, 0.1) is 34.6 Å². The molecule has 1 amide bonds. The Balaban J connectivity index is 1.56. The van der Waals surface area contributed by atoms with Gasteiger partial charge in [0.05, 0.1) is 23.9 Å². The van der Waals surface area contributed by atoms with Crippen LogP contribution in [-0.2, 0) is 14.8 Å². The van der Waals surface area contributed by atoms with Gasteiger partial charge in [0.2, 0.25) is 0 Å². The Labute approximate surface area is 236 Å². The highest BCUT2D eigenvalue weighted by molar-refractivity contribution is 7.92. The number of nitrogens with one attached hydrogen (secondary N) is 1. The second kappa shape index (κ2) is 11.8. The molecule has 1 heterocycles. The number of anilines is 1. The lowest BCUT2D eigenvalue weighted by Crippen LogP contribution is -2.39. The summed E-state index contributed by atoms with van der Waals surface area (Å²) in [6.07, 6.45) is 1.57. The van der Waals surface area contributed by atoms with Gasteiger partial charge < -0.3 is 9.30 Å². The Morgan fingerprint density at radius 2 is 1.52 bits per heavy atom. The number of aryl methyl sites for hydroxylation is 4. The van der Waals surface area contributed by atoms with Crippen molar-refractivity contribution >= 4 is 27.8 Å². The average molecular weight is 559 g/mol. The fourth-order valence-corrected chi connectivity index (χ4v) is 6.06. The SMILES string of the molecule is COc1ccc(N(CC(=O)N/N=C\c2cc(C)n(-c3cc(C)cc(C)c3)c2C)S(=O)(=O)c2ccc(C)cc2)cc1. The fraction of sp³-hybridized carbons (Fsp3) is 0.226. The maximum absolute atomic E-state index is 13.6. The highest BCUT2D eigenvalue weighted by atomic mass is 32.2. The second-order valence-corrected chi connectivity index (χ2v) is 11.7. The van der Waals surface area contributed by atoms with Gasteiger partial charge in [-0.3, -0.25) is 9.10 Å². The molecule has 0 aliphatic carbocycles. The number of aromatic nitrogens is 1. The molecule has 8 nitrogen and oxygen atoms in total. The standard InChI is InChI=1S/C31H34N4O4S/c1-21-7-13-30(14-8-21)40(37,38)34(27-9-11-29(39-6)12-10-27)20-31(36)33-32-19-26-18-24(4)35(25(26)5)28-16-22(2)15-23(3)17-28/h7-19H,20H2,1-6H3,(H,33,36)/b32-19-. The van der Waals surface area contributed by atoms with E-state index >= 15 is 0 Å². The fourth-order valence-electron chi connectivity index (χ4n) is 4.64. The minimum Gasteiger partial charge on any atom is -0.497 e. The van der Waals surface area contributed by atoms with Crippen LogP contribution in [-0.4, -0.2) is 38.8 Å². The molecule has 0 unspecified atom stereocenters. The van der Waals surface area contributed by atoms with Gasteiger partial charge in [-0.1, -0.05) is 23.8 Å². The second-order valence-electron chi connectivity index (χ2n) is 9.82. The van der Waals surface area contributed by atoms with Crippen molar-refractivity contribution < 1.29 is 17.9 Å². The summed E-state index contributed by atoms with van der Waals surface area (Å²) in [7, 11) is -2.50. The molecule has 0 fully saturated rings. The van der Waals surface area contributed by atoms with Gasteiger partial charge in [0.1, 0.15) is 12.3 Å². The summed E-state index contributed by atoms with van der Waals surface area (Å²) < 4.78 is 35.5. The summed E-state index contributed by atoms with van der Waals surface area (Å²) in [5.41, 5.74) is 10.0. The van der Waals surface area contributed by atoms with Crippen molar-refractivity contribution in [1.82, 2.24) is 9.99 Å². The average Bonchev–Trinajstić information content (AvgIpc) is 3.19. The predicted molar refractivity (Wildman–Crippen MR) is 159 cm³/mol. The summed E-state index contributed by atoms with van der Waals surface area (Å²) >= 11 is 0. The highest BCUT2D eigenvalue weighted by Gasteiger charge is 2.27. The maximum Gasteiger partial charge on any atom is 0.264 e. The van der Waals surface area contributed by atoms with Crippen molar-refractivity contribution in [1.29, 1.82) is 0 Å². The number of carbonyl (C=O) groups is 1. The molecule has 208 valence electrons. The summed E-state index contributed by atoms with van der Waals surface area (Å²) in [4.78, 5) is 13.1. The molecule has 9 heteroatoms. The van der Waals surface area contributed by atoms with Crippen molar-refractivity contribution in [3.05, 3.63) is 106 Å². The van der Waals surface area contributed by atoms with Crippen LogP contribution in [0.2, 0.25) is 0 Å². The summed E-state index contributed by atoms with van der Waals surface area (Å²) in [6.45, 7) is 9.56. The number of carbonyl (C=O) groups excluding carboxylic acids is 1. The Bertz CT molecular complexity index is 1630. The third-order valence-corrected chi connectivity index (χ3v) is 8.37. The summed E-state index contributed by atoms with van der Waals surface area (Å²) in [6, 6.07) is 21.4. The maximum atomic E-state index is 13.6. The van der Waals surface area contributed by atoms with E-state index in [9.17, 15) is 13.2 Å². The molecular weight excluding hydrogens is 524 g/mol. The number of methoxy groups -OCH3 is 1. The number of nitrogens with zero attached hydrogens (tertiary/aromatic N) is 3. The molecule has 1 N–H and O–H groups in total. The third kappa shape index (κ3) is 6.26. The number of hydrogen-bond acceptors (Lipinski definition) is 5. The molecule has 0 aliphatic rings. The van der Waals surface area contributed by atoms with E-state index in [0.717, 1.165) is 32.5 Å². The van der Waals surface area contributed by atoms with E-state index in [1.165, 1.54) is 30.4 Å². The van der Waals surface area contributed by atoms with Gasteiger partial charge in [0.15, 0.2) is 0 Å². The topological polar surface area (TPSA) is 93.0 Å². The minimum absolute atomic E-state index is 0.0871. The molecule has 3 aromatic carbocycles. The molecule has 0 spiro atoms. The van der Waals surface area contributed by atoms with E-state index in [1.54, 1.807) is 42.6 Å². The van der Waals surface area contributed by atoms with Gasteiger partial charge in [-0.25, -0.2) is 13.8 Å². The first-order valence-corrected chi connectivity index (χ1v) is 14.3. The van der Waals surface area contributed by atoms with Crippen molar-refractivity contribution in [2.24, 2.45) is 5.10 Å². The molecule has 0 bridgehead atoms. The normalized spacial score (nSPS) is 11.6. The number of rotatable bonds is 9. The third-order valence-electron chi connectivity index (χ3n) is 6.58. The Morgan fingerprint density at radius 3 is 2.12 bits per heavy atom. The van der Waals surface area contributed by atoms with Crippen LogP contribution in [0.1, 0.15) is 33.6 Å². The summed E-state index contributed by atoms with van der Waals surface area (Å²) in [5.74, 6) is -0.00483. The van der Waals surface area contributed by atoms with Crippen LogP contribution in [0.5, 0.6) is 5.75 Å². The van der Waals surface area contributed by atoms with Gasteiger partial charge in [-0.2, -0.15) is 5.10 Å². The van der Waals surface area contributed by atoms with Gasteiger partial charge in [-0.15, -0.1) is 0 Å². The largest absolute Gasteiger partial charge is 0.497 e. The van der Waals surface area contributed by atoms with E-state index in [2.05, 4.69) is 47.1 Å². The smallest absolute Gasteiger partial charge is 0.264 e. The van der Waals surface area contributed by atoms with Gasteiger partial charge in [0, 0.05) is 22.6 Å². The van der Waals surface area contributed by atoms with Crippen LogP contribution in [0.15, 0.2) is 82.8 Å². The zero-order valence-electron chi connectivity index (χ0n) is 23.6. The van der Waals surface area contributed by atoms with Crippen molar-refractivity contribution in [3.63, 3.8) is 0 Å². The Kier molecular flexibility index (Phi) is 8.44. The lowest BCUT2D eigenvalue weighted by atomic mass is 10.1. The molecular formula is C31H34N4O4S. The van der Waals surface area contributed by atoms with E-state index in [4.69, 9.17) is 4.74 Å². The lowest BCUT2D eigenvalue weighted by Gasteiger charge is -2.24. The van der Waals surface area contributed by atoms with Crippen LogP contribution >= 0.6 is 0 Å². The zero-order valence-corrected chi connectivity index (χ0v) is 24.4. The van der Waals surface area contributed by atoms with Crippen LogP contribution < -0.4 is 14.5 Å². The first kappa shape index (κ1) is 28.6. The molecule has 0 saturated carbocycles. The minimum atomic E-state index is -4.03. The highest BCUT2D eigenvalue weighted by Crippen LogP contribution is 2.26. The molecule has 40 heavy (non-hydrogen) atoms. The summed E-state index contributed by atoms with van der Waals surface area (Å²) in [5, 5.41) is 4.15. The zero-order chi connectivity index (χ0) is 29.0. The predicted octanol–water partition coefficient (Wildman–Crippen LogP) is 5.37. The van der Waals surface area contributed by atoms with E-state index in [-0.39, 0.29) is 4.90 Å². The Hall–Kier alpha value is -4.37. The van der Waals surface area contributed by atoms with Crippen LogP contribution in [0.3, 0.4) is 0 Å². The van der Waals surface area contributed by atoms with E-state index in [0.29, 0.717) is 11.4 Å². The lowest BCUT2D eigenvalue weighted by molar-refractivity contribution is -0.119. The van der Waals surface area contributed by atoms with Gasteiger partial charge in [-0.05, 0) is 100 Å². The van der Waals surface area contributed by atoms with Crippen molar-refractivity contribution in [2.75, 3.05) is 18.0 Å². The molecule has 1 aromatic heterocycles. The van der Waals surface area contributed by atoms with Crippen LogP contribution in [0.25, 0.3) is 5.69 Å². The number of sulfonamides is 1. The van der Waals surface area contributed by atoms with Crippen LogP contribution in [0.4, 0.5) is 5.69 Å². The number of benzene rings is 3. The van der Waals surface area contributed by atoms with Crippen molar-refractivity contribution in [2.45, 2.75) is 39.5 Å². The monoisotopic (exact) mass is 558 g/mol. The first-order chi connectivity index (χ1) is 19.0. The first-order valence-electron chi connectivity index (χ1n) is 12.8. The molecule has 0 atom stereocenters. The number of ether oxygens (including phenoxy) is 1. The molecule has 0 radical (unpaired) electrons. The van der Waals surface area contributed by atoms with E-state index in [1.807, 2.05) is 26.8 Å². The van der Waals surface area contributed by atoms with E-state index < -0.39 is 22.5 Å². The molecule has 4 aromatic rings. The molecule has 0 saturated heterocycles. The molecule has 4 rings (SSSR count). The molecule has 0 aliphatic heterocycles. The van der Waals surface area contributed by atoms with Gasteiger partial charge >= 0.3 is 0 Å². The van der Waals surface area contributed by atoms with Crippen molar-refractivity contribution in [3.8, 4) is 11.4 Å². The quantitative estimate of drug-likeness (QED) is 0.221. The number of hydrazone groups is 1. The number of amides is 1. The number of hydrogen-bond donors (Lipinski definition) is 1.